The van der Waals surface area contributed by atoms with E-state index in [0.717, 1.165) is 5.76 Å². The first-order chi connectivity index (χ1) is 12.4. The number of anilines is 1. The zero-order chi connectivity index (χ0) is 18.7. The second-order valence-corrected chi connectivity index (χ2v) is 8.50. The van der Waals surface area contributed by atoms with Crippen LogP contribution in [0.2, 0.25) is 0 Å². The first-order valence-corrected chi connectivity index (χ1v) is 10.3. The van der Waals surface area contributed by atoms with Gasteiger partial charge in [-0.3, -0.25) is 4.79 Å². The molecule has 1 N–H and O–H groups in total. The summed E-state index contributed by atoms with van der Waals surface area (Å²) in [5.41, 5.74) is 0.255. The molecule has 2 aromatic rings. The van der Waals surface area contributed by atoms with E-state index in [2.05, 4.69) is 15.3 Å². The SMILES string of the molecule is CCN(C(=O)c1cc(NCc2ccco2)nc(C)n1)C1CCS(=O)(=O)C1. The van der Waals surface area contributed by atoms with Gasteiger partial charge < -0.3 is 14.6 Å². The Hall–Kier alpha value is -2.42. The first kappa shape index (κ1) is 18.4. The Morgan fingerprint density at radius 1 is 1.42 bits per heavy atom. The van der Waals surface area contributed by atoms with Crippen LogP contribution in [0.5, 0.6) is 0 Å². The van der Waals surface area contributed by atoms with E-state index in [-0.39, 0.29) is 29.1 Å². The highest BCUT2D eigenvalue weighted by molar-refractivity contribution is 7.91. The predicted octanol–water partition coefficient (Wildman–Crippen LogP) is 1.64. The lowest BCUT2D eigenvalue weighted by Crippen LogP contribution is -2.41. The van der Waals surface area contributed by atoms with E-state index >= 15 is 0 Å². The summed E-state index contributed by atoms with van der Waals surface area (Å²) in [4.78, 5) is 23.0. The van der Waals surface area contributed by atoms with E-state index < -0.39 is 9.84 Å². The van der Waals surface area contributed by atoms with Crippen LogP contribution < -0.4 is 5.32 Å². The van der Waals surface area contributed by atoms with Gasteiger partial charge >= 0.3 is 0 Å². The van der Waals surface area contributed by atoms with Crippen LogP contribution in [0.3, 0.4) is 0 Å². The topological polar surface area (TPSA) is 105 Å². The quantitative estimate of drug-likeness (QED) is 0.814. The molecular formula is C17H22N4O4S. The molecule has 0 aliphatic carbocycles. The molecule has 0 saturated carbocycles. The molecule has 1 amide bonds. The number of hydrogen-bond donors (Lipinski definition) is 1. The highest BCUT2D eigenvalue weighted by atomic mass is 32.2. The Kier molecular flexibility index (Phi) is 5.26. The molecule has 2 aromatic heterocycles. The zero-order valence-electron chi connectivity index (χ0n) is 14.8. The number of carbonyl (C=O) groups excluding carboxylic acids is 1. The van der Waals surface area contributed by atoms with Gasteiger partial charge in [0.25, 0.3) is 5.91 Å². The molecule has 1 saturated heterocycles. The number of aromatic nitrogens is 2. The molecule has 1 atom stereocenters. The summed E-state index contributed by atoms with van der Waals surface area (Å²) >= 11 is 0. The first-order valence-electron chi connectivity index (χ1n) is 8.51. The molecule has 9 heteroatoms. The normalized spacial score (nSPS) is 18.6. The number of rotatable bonds is 6. The minimum atomic E-state index is -3.07. The van der Waals surface area contributed by atoms with Gasteiger partial charge in [0.1, 0.15) is 23.1 Å². The number of amides is 1. The Bertz CT molecular complexity index is 880. The van der Waals surface area contributed by atoms with Gasteiger partial charge in [-0.15, -0.1) is 0 Å². The second-order valence-electron chi connectivity index (χ2n) is 6.27. The van der Waals surface area contributed by atoms with Crippen LogP contribution in [0, 0.1) is 6.92 Å². The molecule has 0 bridgehead atoms. The third-order valence-corrected chi connectivity index (χ3v) is 6.08. The van der Waals surface area contributed by atoms with Gasteiger partial charge in [-0.05, 0) is 32.4 Å². The van der Waals surface area contributed by atoms with E-state index in [1.807, 2.05) is 13.0 Å². The van der Waals surface area contributed by atoms with Crippen LogP contribution in [-0.4, -0.2) is 53.3 Å². The molecular weight excluding hydrogens is 356 g/mol. The van der Waals surface area contributed by atoms with Gasteiger partial charge in [-0.2, -0.15) is 0 Å². The fraction of sp³-hybridized carbons (Fsp3) is 0.471. The highest BCUT2D eigenvalue weighted by Crippen LogP contribution is 2.20. The molecule has 0 aromatic carbocycles. The molecule has 8 nitrogen and oxygen atoms in total. The number of hydrogen-bond acceptors (Lipinski definition) is 7. The van der Waals surface area contributed by atoms with Gasteiger partial charge in [0.15, 0.2) is 9.84 Å². The van der Waals surface area contributed by atoms with E-state index in [1.54, 1.807) is 30.2 Å². The molecule has 1 fully saturated rings. The van der Waals surface area contributed by atoms with Crippen LogP contribution in [0.1, 0.15) is 35.4 Å². The van der Waals surface area contributed by atoms with Gasteiger partial charge in [0.2, 0.25) is 0 Å². The van der Waals surface area contributed by atoms with E-state index in [4.69, 9.17) is 4.42 Å². The number of carbonyl (C=O) groups is 1. The minimum absolute atomic E-state index is 0.0141. The average Bonchev–Trinajstić information content (AvgIpc) is 3.22. The van der Waals surface area contributed by atoms with Crippen LogP contribution >= 0.6 is 0 Å². The predicted molar refractivity (Wildman–Crippen MR) is 96.6 cm³/mol. The molecule has 1 unspecified atom stereocenters. The molecule has 3 rings (SSSR count). The maximum Gasteiger partial charge on any atom is 0.272 e. The van der Waals surface area contributed by atoms with Gasteiger partial charge in [-0.1, -0.05) is 0 Å². The lowest BCUT2D eigenvalue weighted by atomic mass is 10.2. The molecule has 0 spiro atoms. The molecule has 1 aliphatic rings. The maximum atomic E-state index is 12.9. The van der Waals surface area contributed by atoms with Gasteiger partial charge in [-0.25, -0.2) is 18.4 Å². The fourth-order valence-electron chi connectivity index (χ4n) is 3.09. The number of nitrogens with zero attached hydrogens (tertiary/aromatic N) is 3. The largest absolute Gasteiger partial charge is 0.467 e. The van der Waals surface area contributed by atoms with Crippen molar-refractivity contribution in [3.05, 3.63) is 41.7 Å². The summed E-state index contributed by atoms with van der Waals surface area (Å²) in [7, 11) is -3.07. The summed E-state index contributed by atoms with van der Waals surface area (Å²) in [5, 5.41) is 3.11. The third kappa shape index (κ3) is 4.21. The zero-order valence-corrected chi connectivity index (χ0v) is 15.6. The molecule has 3 heterocycles. The third-order valence-electron chi connectivity index (χ3n) is 4.33. The maximum absolute atomic E-state index is 12.9. The Balaban J connectivity index is 1.77. The summed E-state index contributed by atoms with van der Waals surface area (Å²) < 4.78 is 28.8. The minimum Gasteiger partial charge on any atom is -0.467 e. The van der Waals surface area contributed by atoms with Crippen LogP contribution in [0.4, 0.5) is 5.82 Å². The summed E-state index contributed by atoms with van der Waals surface area (Å²) in [5.74, 6) is 1.60. The van der Waals surface area contributed by atoms with E-state index in [9.17, 15) is 13.2 Å². The van der Waals surface area contributed by atoms with Crippen LogP contribution in [0.15, 0.2) is 28.9 Å². The van der Waals surface area contributed by atoms with Crippen LogP contribution in [0.25, 0.3) is 0 Å². The Morgan fingerprint density at radius 2 is 2.23 bits per heavy atom. The lowest BCUT2D eigenvalue weighted by Gasteiger charge is -2.26. The highest BCUT2D eigenvalue weighted by Gasteiger charge is 2.34. The van der Waals surface area contributed by atoms with Crippen molar-refractivity contribution in [3.8, 4) is 0 Å². The van der Waals surface area contributed by atoms with Crippen LogP contribution in [-0.2, 0) is 16.4 Å². The number of nitrogens with one attached hydrogen (secondary N) is 1. The van der Waals surface area contributed by atoms with Crippen molar-refractivity contribution in [2.75, 3.05) is 23.4 Å². The average molecular weight is 378 g/mol. The van der Waals surface area contributed by atoms with Crippen molar-refractivity contribution in [1.29, 1.82) is 0 Å². The van der Waals surface area contributed by atoms with Crippen molar-refractivity contribution in [1.82, 2.24) is 14.9 Å². The van der Waals surface area contributed by atoms with Gasteiger partial charge in [0.05, 0.1) is 24.3 Å². The summed E-state index contributed by atoms with van der Waals surface area (Å²) in [6.45, 7) is 4.42. The second kappa shape index (κ2) is 7.45. The van der Waals surface area contributed by atoms with Crippen molar-refractivity contribution >= 4 is 21.6 Å². The smallest absolute Gasteiger partial charge is 0.272 e. The van der Waals surface area contributed by atoms with Gasteiger partial charge in [0, 0.05) is 18.7 Å². The van der Waals surface area contributed by atoms with Crippen molar-refractivity contribution in [3.63, 3.8) is 0 Å². The number of furan rings is 1. The standard InChI is InChI=1S/C17H22N4O4S/c1-3-21(13-6-8-26(23,24)11-13)17(22)15-9-16(20-12(2)19-15)18-10-14-5-4-7-25-14/h4-5,7,9,13H,3,6,8,10-11H2,1-2H3,(H,18,19,20). The Labute approximate surface area is 152 Å². The molecule has 0 radical (unpaired) electrons. The van der Waals surface area contributed by atoms with E-state index in [1.165, 1.54) is 0 Å². The monoisotopic (exact) mass is 378 g/mol. The van der Waals surface area contributed by atoms with Crippen molar-refractivity contribution in [2.24, 2.45) is 0 Å². The van der Waals surface area contributed by atoms with E-state index in [0.29, 0.717) is 31.2 Å². The lowest BCUT2D eigenvalue weighted by molar-refractivity contribution is 0.0702. The molecule has 26 heavy (non-hydrogen) atoms. The number of aryl methyl sites for hydroxylation is 1. The summed E-state index contributed by atoms with van der Waals surface area (Å²) in [6, 6.07) is 4.93. The van der Waals surface area contributed by atoms with Crippen molar-refractivity contribution < 1.29 is 17.6 Å². The fourth-order valence-corrected chi connectivity index (χ4v) is 4.83. The van der Waals surface area contributed by atoms with Crippen molar-refractivity contribution in [2.45, 2.75) is 32.9 Å². The molecule has 1 aliphatic heterocycles. The number of sulfone groups is 1. The summed E-state index contributed by atoms with van der Waals surface area (Å²) in [6.07, 6.45) is 2.06. The molecule has 140 valence electrons. The Morgan fingerprint density at radius 3 is 2.85 bits per heavy atom.